The molecule has 1 fully saturated rings. The molecule has 0 radical (unpaired) electrons. The zero-order chi connectivity index (χ0) is 15.2. The molecule has 116 valence electrons. The first-order chi connectivity index (χ1) is 10.1. The molecule has 1 aliphatic carbocycles. The number of amides is 1. The van der Waals surface area contributed by atoms with E-state index in [2.05, 4.69) is 5.32 Å². The number of benzene rings is 1. The van der Waals surface area contributed by atoms with Crippen molar-refractivity contribution < 1.29 is 14.6 Å². The van der Waals surface area contributed by atoms with Crippen molar-refractivity contribution in [3.8, 4) is 5.75 Å². The van der Waals surface area contributed by atoms with Crippen LogP contribution in [0.2, 0.25) is 0 Å². The van der Waals surface area contributed by atoms with Crippen LogP contribution in [0.5, 0.6) is 5.75 Å². The molecule has 0 spiro atoms. The van der Waals surface area contributed by atoms with Crippen molar-refractivity contribution in [3.63, 3.8) is 0 Å². The van der Waals surface area contributed by atoms with Crippen molar-refractivity contribution in [2.75, 3.05) is 32.6 Å². The highest BCUT2D eigenvalue weighted by Gasteiger charge is 2.26. The van der Waals surface area contributed by atoms with E-state index in [0.29, 0.717) is 12.5 Å². The standard InChI is InChI=1S/C16H24N2O3/c1-18(10-12-4-3-5-15(12)19)11-16(20)17-13-6-8-14(21-2)9-7-13/h6-9,12,15,19H,3-5,10-11H2,1-2H3,(H,17,20). The van der Waals surface area contributed by atoms with Gasteiger partial charge in [-0.25, -0.2) is 0 Å². The Kier molecular flexibility index (Phi) is 5.59. The predicted octanol–water partition coefficient (Wildman–Crippen LogP) is 1.73. The molecule has 1 amide bonds. The van der Waals surface area contributed by atoms with Crippen molar-refractivity contribution in [1.29, 1.82) is 0 Å². The van der Waals surface area contributed by atoms with E-state index in [1.165, 1.54) is 0 Å². The van der Waals surface area contributed by atoms with E-state index in [1.54, 1.807) is 7.11 Å². The lowest BCUT2D eigenvalue weighted by atomic mass is 10.1. The molecule has 1 saturated carbocycles. The molecule has 2 unspecified atom stereocenters. The number of aliphatic hydroxyl groups is 1. The van der Waals surface area contributed by atoms with Crippen LogP contribution in [-0.4, -0.2) is 49.3 Å². The number of rotatable bonds is 6. The van der Waals surface area contributed by atoms with Gasteiger partial charge in [-0.1, -0.05) is 6.42 Å². The van der Waals surface area contributed by atoms with E-state index in [4.69, 9.17) is 4.74 Å². The van der Waals surface area contributed by atoms with Gasteiger partial charge < -0.3 is 15.2 Å². The maximum Gasteiger partial charge on any atom is 0.238 e. The first-order valence-corrected chi connectivity index (χ1v) is 7.39. The SMILES string of the molecule is COc1ccc(NC(=O)CN(C)CC2CCCC2O)cc1. The summed E-state index contributed by atoms with van der Waals surface area (Å²) < 4.78 is 5.08. The molecular weight excluding hydrogens is 268 g/mol. The molecule has 0 aliphatic heterocycles. The number of carbonyl (C=O) groups is 1. The van der Waals surface area contributed by atoms with E-state index in [0.717, 1.165) is 37.2 Å². The van der Waals surface area contributed by atoms with Crippen molar-refractivity contribution in [2.45, 2.75) is 25.4 Å². The zero-order valence-electron chi connectivity index (χ0n) is 12.7. The fraction of sp³-hybridized carbons (Fsp3) is 0.562. The molecule has 2 rings (SSSR count). The number of nitrogens with zero attached hydrogens (tertiary/aromatic N) is 1. The number of anilines is 1. The van der Waals surface area contributed by atoms with Crippen LogP contribution in [-0.2, 0) is 4.79 Å². The molecule has 0 bridgehead atoms. The Balaban J connectivity index is 1.77. The molecule has 1 aromatic rings. The van der Waals surface area contributed by atoms with Crippen molar-refractivity contribution in [2.24, 2.45) is 5.92 Å². The number of carbonyl (C=O) groups excluding carboxylic acids is 1. The second kappa shape index (κ2) is 7.43. The summed E-state index contributed by atoms with van der Waals surface area (Å²) in [6.07, 6.45) is 2.80. The lowest BCUT2D eigenvalue weighted by Gasteiger charge is -2.22. The lowest BCUT2D eigenvalue weighted by molar-refractivity contribution is -0.117. The highest BCUT2D eigenvalue weighted by molar-refractivity contribution is 5.92. The molecule has 5 heteroatoms. The van der Waals surface area contributed by atoms with Gasteiger partial charge in [-0.2, -0.15) is 0 Å². The molecule has 0 heterocycles. The lowest BCUT2D eigenvalue weighted by Crippen LogP contribution is -2.35. The first-order valence-electron chi connectivity index (χ1n) is 7.39. The Morgan fingerprint density at radius 2 is 2.10 bits per heavy atom. The number of methoxy groups -OCH3 is 1. The Hall–Kier alpha value is -1.59. The van der Waals surface area contributed by atoms with Crippen LogP contribution in [0.3, 0.4) is 0 Å². The van der Waals surface area contributed by atoms with Crippen LogP contribution in [0, 0.1) is 5.92 Å². The summed E-state index contributed by atoms with van der Waals surface area (Å²) in [5, 5.41) is 12.7. The molecule has 0 saturated heterocycles. The Morgan fingerprint density at radius 3 is 2.67 bits per heavy atom. The third-order valence-electron chi connectivity index (χ3n) is 3.95. The second-order valence-electron chi connectivity index (χ2n) is 5.73. The largest absolute Gasteiger partial charge is 0.497 e. The molecule has 21 heavy (non-hydrogen) atoms. The van der Waals surface area contributed by atoms with Gasteiger partial charge in [-0.3, -0.25) is 9.69 Å². The van der Waals surface area contributed by atoms with E-state index in [-0.39, 0.29) is 12.0 Å². The molecule has 0 aromatic heterocycles. The van der Waals surface area contributed by atoms with E-state index >= 15 is 0 Å². The van der Waals surface area contributed by atoms with Crippen molar-refractivity contribution in [3.05, 3.63) is 24.3 Å². The van der Waals surface area contributed by atoms with Gasteiger partial charge in [0.1, 0.15) is 5.75 Å². The van der Waals surface area contributed by atoms with Gasteiger partial charge in [-0.05, 0) is 50.1 Å². The van der Waals surface area contributed by atoms with Crippen LogP contribution >= 0.6 is 0 Å². The zero-order valence-corrected chi connectivity index (χ0v) is 12.7. The maximum absolute atomic E-state index is 12.0. The summed E-state index contributed by atoms with van der Waals surface area (Å²) in [4.78, 5) is 14.0. The Bertz CT molecular complexity index is 461. The predicted molar refractivity (Wildman–Crippen MR) is 82.5 cm³/mol. The van der Waals surface area contributed by atoms with E-state index < -0.39 is 0 Å². The topological polar surface area (TPSA) is 61.8 Å². The number of nitrogens with one attached hydrogen (secondary N) is 1. The van der Waals surface area contributed by atoms with Crippen LogP contribution in [0.1, 0.15) is 19.3 Å². The number of aliphatic hydroxyl groups excluding tert-OH is 1. The van der Waals surface area contributed by atoms with Crippen LogP contribution in [0.25, 0.3) is 0 Å². The maximum atomic E-state index is 12.0. The van der Waals surface area contributed by atoms with Gasteiger partial charge in [0.05, 0.1) is 19.8 Å². The van der Waals surface area contributed by atoms with Crippen molar-refractivity contribution >= 4 is 11.6 Å². The summed E-state index contributed by atoms with van der Waals surface area (Å²) in [5.41, 5.74) is 0.759. The monoisotopic (exact) mass is 292 g/mol. The van der Waals surface area contributed by atoms with Gasteiger partial charge in [0.2, 0.25) is 5.91 Å². The van der Waals surface area contributed by atoms with Crippen LogP contribution in [0.15, 0.2) is 24.3 Å². The fourth-order valence-corrected chi connectivity index (χ4v) is 2.82. The minimum Gasteiger partial charge on any atom is -0.497 e. The molecule has 1 aromatic carbocycles. The van der Waals surface area contributed by atoms with Gasteiger partial charge in [0, 0.05) is 12.2 Å². The van der Waals surface area contributed by atoms with Crippen molar-refractivity contribution in [1.82, 2.24) is 4.90 Å². The quantitative estimate of drug-likeness (QED) is 0.838. The third kappa shape index (κ3) is 4.72. The molecule has 2 N–H and O–H groups in total. The molecular formula is C16H24N2O3. The second-order valence-corrected chi connectivity index (χ2v) is 5.73. The highest BCUT2D eigenvalue weighted by atomic mass is 16.5. The third-order valence-corrected chi connectivity index (χ3v) is 3.95. The fourth-order valence-electron chi connectivity index (χ4n) is 2.82. The summed E-state index contributed by atoms with van der Waals surface area (Å²) >= 11 is 0. The van der Waals surface area contributed by atoms with Gasteiger partial charge >= 0.3 is 0 Å². The minimum absolute atomic E-state index is 0.0462. The number of likely N-dealkylation sites (N-methyl/N-ethyl adjacent to an activating group) is 1. The summed E-state index contributed by atoms with van der Waals surface area (Å²) in [5.74, 6) is 1.01. The molecule has 2 atom stereocenters. The number of ether oxygens (including phenoxy) is 1. The summed E-state index contributed by atoms with van der Waals surface area (Å²) in [6, 6.07) is 7.26. The number of hydrogen-bond acceptors (Lipinski definition) is 4. The molecule has 5 nitrogen and oxygen atoms in total. The summed E-state index contributed by atoms with van der Waals surface area (Å²) in [6.45, 7) is 1.09. The number of hydrogen-bond donors (Lipinski definition) is 2. The average Bonchev–Trinajstić information content (AvgIpc) is 2.84. The molecule has 1 aliphatic rings. The van der Waals surface area contributed by atoms with Crippen LogP contribution in [0.4, 0.5) is 5.69 Å². The van der Waals surface area contributed by atoms with Gasteiger partial charge in [-0.15, -0.1) is 0 Å². The Labute approximate surface area is 125 Å². The van der Waals surface area contributed by atoms with E-state index in [9.17, 15) is 9.90 Å². The van der Waals surface area contributed by atoms with Crippen LogP contribution < -0.4 is 10.1 Å². The van der Waals surface area contributed by atoms with Gasteiger partial charge in [0.15, 0.2) is 0 Å². The van der Waals surface area contributed by atoms with Gasteiger partial charge in [0.25, 0.3) is 0 Å². The van der Waals surface area contributed by atoms with E-state index in [1.807, 2.05) is 36.2 Å². The average molecular weight is 292 g/mol. The summed E-state index contributed by atoms with van der Waals surface area (Å²) in [7, 11) is 3.53. The highest BCUT2D eigenvalue weighted by Crippen LogP contribution is 2.25. The first kappa shape index (κ1) is 15.8. The normalized spacial score (nSPS) is 21.5. The Morgan fingerprint density at radius 1 is 1.38 bits per heavy atom. The smallest absolute Gasteiger partial charge is 0.238 e. The minimum atomic E-state index is -0.211.